The maximum absolute atomic E-state index is 11.7. The van der Waals surface area contributed by atoms with Gasteiger partial charge in [-0.2, -0.15) is 11.3 Å². The number of likely N-dealkylation sites (tertiary alicyclic amines) is 1. The summed E-state index contributed by atoms with van der Waals surface area (Å²) in [6, 6.07) is 1.56. The van der Waals surface area contributed by atoms with Gasteiger partial charge in [0.1, 0.15) is 6.04 Å². The minimum absolute atomic E-state index is 0.0293. The van der Waals surface area contributed by atoms with Gasteiger partial charge in [-0.1, -0.05) is 0 Å². The maximum atomic E-state index is 11.7. The zero-order chi connectivity index (χ0) is 11.5. The zero-order valence-corrected chi connectivity index (χ0v) is 9.83. The van der Waals surface area contributed by atoms with Gasteiger partial charge in [-0.25, -0.2) is 4.79 Å². The maximum Gasteiger partial charge on any atom is 0.328 e. The predicted molar refractivity (Wildman–Crippen MR) is 59.9 cm³/mol. The number of nitrogens with zero attached hydrogens (tertiary/aromatic N) is 1. The second-order valence-corrected chi connectivity index (χ2v) is 4.51. The summed E-state index contributed by atoms with van der Waals surface area (Å²) in [4.78, 5) is 24.7. The van der Waals surface area contributed by atoms with Crippen molar-refractivity contribution in [1.82, 2.24) is 4.90 Å². The summed E-state index contributed by atoms with van der Waals surface area (Å²) in [6.07, 6.45) is 1.000. The van der Waals surface area contributed by atoms with Gasteiger partial charge in [0.05, 0.1) is 7.11 Å². The standard InChI is InChI=1S/C11H13NO3S/c1-15-11(14)9-2-3-10(13)12(9)6-8-4-5-16-7-8/h4-5,7,9H,2-3,6H2,1H3. The SMILES string of the molecule is COC(=O)C1CCC(=O)N1Cc1ccsc1. The van der Waals surface area contributed by atoms with Gasteiger partial charge >= 0.3 is 5.97 Å². The third kappa shape index (κ3) is 2.09. The number of hydrogen-bond acceptors (Lipinski definition) is 4. The fraction of sp³-hybridized carbons (Fsp3) is 0.455. The van der Waals surface area contributed by atoms with Crippen LogP contribution in [0.3, 0.4) is 0 Å². The largest absolute Gasteiger partial charge is 0.467 e. The van der Waals surface area contributed by atoms with Gasteiger partial charge in [0, 0.05) is 13.0 Å². The molecule has 1 aliphatic rings. The Hall–Kier alpha value is -1.36. The molecule has 0 aromatic carbocycles. The Kier molecular flexibility index (Phi) is 3.24. The van der Waals surface area contributed by atoms with E-state index in [9.17, 15) is 9.59 Å². The first-order valence-corrected chi connectivity index (χ1v) is 6.05. The van der Waals surface area contributed by atoms with E-state index in [1.54, 1.807) is 16.2 Å². The molecule has 0 aliphatic carbocycles. The first kappa shape index (κ1) is 11.1. The average Bonchev–Trinajstić information content (AvgIpc) is 2.90. The Bertz CT molecular complexity index is 388. The van der Waals surface area contributed by atoms with Crippen LogP contribution in [0.2, 0.25) is 0 Å². The quantitative estimate of drug-likeness (QED) is 0.749. The third-order valence-corrected chi connectivity index (χ3v) is 3.47. The molecule has 4 nitrogen and oxygen atoms in total. The first-order chi connectivity index (χ1) is 7.72. The van der Waals surface area contributed by atoms with Crippen LogP contribution in [0.1, 0.15) is 18.4 Å². The number of carbonyl (C=O) groups excluding carboxylic acids is 2. The van der Waals surface area contributed by atoms with Gasteiger partial charge in [0.2, 0.25) is 5.91 Å². The van der Waals surface area contributed by atoms with Crippen molar-refractivity contribution in [3.63, 3.8) is 0 Å². The molecular formula is C11H13NO3S. The van der Waals surface area contributed by atoms with Crippen LogP contribution in [0.25, 0.3) is 0 Å². The Balaban J connectivity index is 2.10. The predicted octanol–water partition coefficient (Wildman–Crippen LogP) is 1.41. The van der Waals surface area contributed by atoms with Crippen LogP contribution >= 0.6 is 11.3 Å². The highest BCUT2D eigenvalue weighted by Crippen LogP contribution is 2.23. The number of ether oxygens (including phenoxy) is 1. The number of hydrogen-bond donors (Lipinski definition) is 0. The highest BCUT2D eigenvalue weighted by atomic mass is 32.1. The van der Waals surface area contributed by atoms with Crippen molar-refractivity contribution >= 4 is 23.2 Å². The highest BCUT2D eigenvalue weighted by Gasteiger charge is 2.36. The minimum Gasteiger partial charge on any atom is -0.467 e. The molecule has 1 fully saturated rings. The summed E-state index contributed by atoms with van der Waals surface area (Å²) < 4.78 is 4.70. The Morgan fingerprint density at radius 1 is 1.69 bits per heavy atom. The van der Waals surface area contributed by atoms with Gasteiger partial charge in [-0.3, -0.25) is 4.79 Å². The van der Waals surface area contributed by atoms with Crippen molar-refractivity contribution < 1.29 is 14.3 Å². The molecule has 1 atom stereocenters. The number of thiophene rings is 1. The van der Waals surface area contributed by atoms with Crippen LogP contribution in [0, 0.1) is 0 Å². The smallest absolute Gasteiger partial charge is 0.328 e. The average molecular weight is 239 g/mol. The lowest BCUT2D eigenvalue weighted by Gasteiger charge is -2.22. The van der Waals surface area contributed by atoms with Crippen molar-refractivity contribution in [2.75, 3.05) is 7.11 Å². The molecule has 0 bridgehead atoms. The second kappa shape index (κ2) is 4.65. The highest BCUT2D eigenvalue weighted by molar-refractivity contribution is 7.07. The number of carbonyl (C=O) groups is 2. The van der Waals surface area contributed by atoms with E-state index in [2.05, 4.69) is 0 Å². The second-order valence-electron chi connectivity index (χ2n) is 3.73. The van der Waals surface area contributed by atoms with E-state index in [1.165, 1.54) is 7.11 Å². The van der Waals surface area contributed by atoms with Crippen molar-refractivity contribution in [2.45, 2.75) is 25.4 Å². The summed E-state index contributed by atoms with van der Waals surface area (Å²) >= 11 is 1.59. The lowest BCUT2D eigenvalue weighted by Crippen LogP contribution is -2.38. The summed E-state index contributed by atoms with van der Waals surface area (Å²) in [6.45, 7) is 0.502. The number of amides is 1. The van der Waals surface area contributed by atoms with Gasteiger partial charge in [-0.05, 0) is 28.8 Å². The van der Waals surface area contributed by atoms with Crippen molar-refractivity contribution in [3.05, 3.63) is 22.4 Å². The molecule has 86 valence electrons. The van der Waals surface area contributed by atoms with Gasteiger partial charge in [0.15, 0.2) is 0 Å². The molecule has 5 heteroatoms. The van der Waals surface area contributed by atoms with Crippen LogP contribution in [-0.2, 0) is 20.9 Å². The molecule has 1 unspecified atom stereocenters. The van der Waals surface area contributed by atoms with E-state index in [1.807, 2.05) is 16.8 Å². The monoisotopic (exact) mass is 239 g/mol. The Morgan fingerprint density at radius 2 is 2.50 bits per heavy atom. The summed E-state index contributed by atoms with van der Waals surface area (Å²) in [5, 5.41) is 3.95. The van der Waals surface area contributed by atoms with Crippen molar-refractivity contribution in [3.8, 4) is 0 Å². The molecule has 0 saturated carbocycles. The molecule has 1 aliphatic heterocycles. The van der Waals surface area contributed by atoms with E-state index in [4.69, 9.17) is 4.74 Å². The molecule has 1 aromatic rings. The first-order valence-electron chi connectivity index (χ1n) is 5.10. The normalized spacial score (nSPS) is 20.2. The van der Waals surface area contributed by atoms with Gasteiger partial charge < -0.3 is 9.64 Å². The lowest BCUT2D eigenvalue weighted by molar-refractivity contribution is -0.149. The summed E-state index contributed by atoms with van der Waals surface area (Å²) in [5.74, 6) is -0.289. The van der Waals surface area contributed by atoms with Crippen LogP contribution in [0.4, 0.5) is 0 Å². The van der Waals surface area contributed by atoms with Crippen LogP contribution in [0.5, 0.6) is 0 Å². The molecule has 0 radical (unpaired) electrons. The van der Waals surface area contributed by atoms with Crippen LogP contribution in [0.15, 0.2) is 16.8 Å². The number of esters is 1. The molecule has 2 rings (SSSR count). The topological polar surface area (TPSA) is 46.6 Å². The van der Waals surface area contributed by atoms with Crippen LogP contribution in [-0.4, -0.2) is 29.9 Å². The number of methoxy groups -OCH3 is 1. The molecule has 1 saturated heterocycles. The molecule has 0 spiro atoms. The van der Waals surface area contributed by atoms with Crippen LogP contribution < -0.4 is 0 Å². The Morgan fingerprint density at radius 3 is 3.12 bits per heavy atom. The zero-order valence-electron chi connectivity index (χ0n) is 9.01. The summed E-state index contributed by atoms with van der Waals surface area (Å²) in [5.41, 5.74) is 1.06. The minimum atomic E-state index is -0.405. The van der Waals surface area contributed by atoms with E-state index < -0.39 is 6.04 Å². The third-order valence-electron chi connectivity index (χ3n) is 2.73. The molecule has 1 amide bonds. The molecule has 2 heterocycles. The summed E-state index contributed by atoms with van der Waals surface area (Å²) in [7, 11) is 1.36. The fourth-order valence-corrected chi connectivity index (χ4v) is 2.55. The van der Waals surface area contributed by atoms with Gasteiger partial charge in [-0.15, -0.1) is 0 Å². The molecular weight excluding hydrogens is 226 g/mol. The molecule has 0 N–H and O–H groups in total. The lowest BCUT2D eigenvalue weighted by atomic mass is 10.2. The van der Waals surface area contributed by atoms with E-state index in [-0.39, 0.29) is 11.9 Å². The number of rotatable bonds is 3. The van der Waals surface area contributed by atoms with E-state index >= 15 is 0 Å². The molecule has 16 heavy (non-hydrogen) atoms. The van der Waals surface area contributed by atoms with E-state index in [0.29, 0.717) is 19.4 Å². The van der Waals surface area contributed by atoms with Crippen molar-refractivity contribution in [1.29, 1.82) is 0 Å². The van der Waals surface area contributed by atoms with Gasteiger partial charge in [0.25, 0.3) is 0 Å². The fourth-order valence-electron chi connectivity index (χ4n) is 1.89. The Labute approximate surface area is 97.8 Å². The van der Waals surface area contributed by atoms with Crippen molar-refractivity contribution in [2.24, 2.45) is 0 Å². The molecule has 1 aromatic heterocycles. The van der Waals surface area contributed by atoms with E-state index in [0.717, 1.165) is 5.56 Å².